The second kappa shape index (κ2) is 11.0. The van der Waals surface area contributed by atoms with E-state index in [2.05, 4.69) is 10.6 Å². The number of carbonyl (C=O) groups excluding carboxylic acids is 2. The molecule has 0 atom stereocenters. The van der Waals surface area contributed by atoms with Gasteiger partial charge in [0, 0.05) is 17.3 Å². The molecule has 0 heterocycles. The molecule has 2 amide bonds. The molecule has 3 rings (SSSR count). The van der Waals surface area contributed by atoms with Crippen molar-refractivity contribution in [1.29, 1.82) is 0 Å². The van der Waals surface area contributed by atoms with Gasteiger partial charge in [0.15, 0.2) is 0 Å². The fourth-order valence-corrected chi connectivity index (χ4v) is 2.92. The Balaban J connectivity index is 1.64. The molecule has 0 unspecified atom stereocenters. The number of ether oxygens (including phenoxy) is 2. The highest BCUT2D eigenvalue weighted by atomic mass is 16.5. The van der Waals surface area contributed by atoms with Crippen LogP contribution in [-0.2, 0) is 4.79 Å². The first-order valence-corrected chi connectivity index (χ1v) is 10.6. The molecule has 0 aromatic heterocycles. The number of nitrogens with one attached hydrogen (secondary N) is 2. The summed E-state index contributed by atoms with van der Waals surface area (Å²) in [6, 6.07) is 22.0. The Morgan fingerprint density at radius 2 is 1.53 bits per heavy atom. The fraction of sp³-hybridized carbons (Fsp3) is 0.231. The standard InChI is InChI=1S/C26H28N2O4/c1-18(2)25(29)27-20-14-13-19(3)23(17-20)28-26(30)22-11-7-8-12-24(22)32-16-15-31-21-9-5-4-6-10-21/h4-14,17-18H,15-16H2,1-3H3,(H,27,29)(H,28,30). The van der Waals surface area contributed by atoms with E-state index in [1.165, 1.54) is 0 Å². The molecule has 3 aromatic carbocycles. The summed E-state index contributed by atoms with van der Waals surface area (Å²) < 4.78 is 11.4. The Morgan fingerprint density at radius 1 is 0.844 bits per heavy atom. The van der Waals surface area contributed by atoms with E-state index < -0.39 is 0 Å². The van der Waals surface area contributed by atoms with E-state index in [0.717, 1.165) is 11.3 Å². The molecule has 0 aliphatic rings. The lowest BCUT2D eigenvalue weighted by Crippen LogP contribution is -2.19. The molecule has 0 saturated heterocycles. The largest absolute Gasteiger partial charge is 0.490 e. The van der Waals surface area contributed by atoms with Crippen molar-refractivity contribution in [2.24, 2.45) is 5.92 Å². The molecule has 0 radical (unpaired) electrons. The molecule has 0 saturated carbocycles. The number of benzene rings is 3. The molecule has 0 aliphatic heterocycles. The molecule has 0 bridgehead atoms. The number of carbonyl (C=O) groups is 2. The quantitative estimate of drug-likeness (QED) is 0.450. The molecule has 6 heteroatoms. The average Bonchev–Trinajstić information content (AvgIpc) is 2.79. The third-order valence-corrected chi connectivity index (χ3v) is 4.76. The highest BCUT2D eigenvalue weighted by molar-refractivity contribution is 6.07. The summed E-state index contributed by atoms with van der Waals surface area (Å²) >= 11 is 0. The maximum Gasteiger partial charge on any atom is 0.259 e. The number of hydrogen-bond donors (Lipinski definition) is 2. The zero-order valence-corrected chi connectivity index (χ0v) is 18.6. The third kappa shape index (κ3) is 6.35. The lowest BCUT2D eigenvalue weighted by molar-refractivity contribution is -0.118. The first kappa shape index (κ1) is 22.9. The van der Waals surface area contributed by atoms with Gasteiger partial charge in [-0.05, 0) is 48.9 Å². The van der Waals surface area contributed by atoms with Gasteiger partial charge in [-0.3, -0.25) is 9.59 Å². The van der Waals surface area contributed by atoms with Gasteiger partial charge in [-0.25, -0.2) is 0 Å². The van der Waals surface area contributed by atoms with E-state index >= 15 is 0 Å². The Kier molecular flexibility index (Phi) is 7.86. The predicted octanol–water partition coefficient (Wildman–Crippen LogP) is 5.30. The Labute approximate surface area is 188 Å². The van der Waals surface area contributed by atoms with Crippen molar-refractivity contribution in [3.05, 3.63) is 83.9 Å². The minimum absolute atomic E-state index is 0.0809. The van der Waals surface area contributed by atoms with Crippen LogP contribution in [0.1, 0.15) is 29.8 Å². The van der Waals surface area contributed by atoms with E-state index in [9.17, 15) is 9.59 Å². The van der Waals surface area contributed by atoms with Crippen LogP contribution in [0, 0.1) is 12.8 Å². The van der Waals surface area contributed by atoms with Crippen molar-refractivity contribution in [2.45, 2.75) is 20.8 Å². The SMILES string of the molecule is Cc1ccc(NC(=O)C(C)C)cc1NC(=O)c1ccccc1OCCOc1ccccc1. The van der Waals surface area contributed by atoms with E-state index in [0.29, 0.717) is 35.9 Å². The molecule has 0 aliphatic carbocycles. The number of anilines is 2. The summed E-state index contributed by atoms with van der Waals surface area (Å²) in [7, 11) is 0. The summed E-state index contributed by atoms with van der Waals surface area (Å²) in [6.45, 7) is 6.21. The van der Waals surface area contributed by atoms with Crippen LogP contribution in [0.4, 0.5) is 11.4 Å². The minimum Gasteiger partial charge on any atom is -0.490 e. The summed E-state index contributed by atoms with van der Waals surface area (Å²) in [5.74, 6) is 0.734. The third-order valence-electron chi connectivity index (χ3n) is 4.76. The van der Waals surface area contributed by atoms with Crippen LogP contribution in [0.5, 0.6) is 11.5 Å². The normalized spacial score (nSPS) is 10.5. The van der Waals surface area contributed by atoms with Gasteiger partial charge in [0.1, 0.15) is 24.7 Å². The lowest BCUT2D eigenvalue weighted by atomic mass is 10.1. The van der Waals surface area contributed by atoms with Crippen LogP contribution in [0.3, 0.4) is 0 Å². The van der Waals surface area contributed by atoms with Gasteiger partial charge in [0.05, 0.1) is 5.56 Å². The van der Waals surface area contributed by atoms with Gasteiger partial charge in [0.2, 0.25) is 5.91 Å². The Morgan fingerprint density at radius 3 is 2.28 bits per heavy atom. The van der Waals surface area contributed by atoms with E-state index in [-0.39, 0.29) is 17.7 Å². The van der Waals surface area contributed by atoms with Gasteiger partial charge in [-0.1, -0.05) is 50.2 Å². The van der Waals surface area contributed by atoms with Crippen LogP contribution >= 0.6 is 0 Å². The van der Waals surface area contributed by atoms with E-state index in [1.807, 2.05) is 69.3 Å². The Hall–Kier alpha value is -3.80. The maximum atomic E-state index is 13.0. The van der Waals surface area contributed by atoms with Crippen molar-refractivity contribution >= 4 is 23.2 Å². The molecular weight excluding hydrogens is 404 g/mol. The van der Waals surface area contributed by atoms with Gasteiger partial charge >= 0.3 is 0 Å². The monoisotopic (exact) mass is 432 g/mol. The van der Waals surface area contributed by atoms with Gasteiger partial charge in [0.25, 0.3) is 5.91 Å². The molecular formula is C26H28N2O4. The van der Waals surface area contributed by atoms with Crippen molar-refractivity contribution in [2.75, 3.05) is 23.8 Å². The number of para-hydroxylation sites is 2. The smallest absolute Gasteiger partial charge is 0.259 e. The van der Waals surface area contributed by atoms with Gasteiger partial charge in [-0.15, -0.1) is 0 Å². The number of amides is 2. The zero-order valence-electron chi connectivity index (χ0n) is 18.6. The average molecular weight is 433 g/mol. The molecule has 3 aromatic rings. The second-order valence-corrected chi connectivity index (χ2v) is 7.63. The summed E-state index contributed by atoms with van der Waals surface area (Å²) in [5, 5.41) is 5.78. The molecule has 32 heavy (non-hydrogen) atoms. The molecule has 0 spiro atoms. The summed E-state index contributed by atoms with van der Waals surface area (Å²) in [4.78, 5) is 25.0. The molecule has 0 fully saturated rings. The summed E-state index contributed by atoms with van der Waals surface area (Å²) in [6.07, 6.45) is 0. The highest BCUT2D eigenvalue weighted by Gasteiger charge is 2.15. The number of rotatable bonds is 9. The van der Waals surface area contributed by atoms with Crippen molar-refractivity contribution < 1.29 is 19.1 Å². The second-order valence-electron chi connectivity index (χ2n) is 7.63. The number of hydrogen-bond acceptors (Lipinski definition) is 4. The van der Waals surface area contributed by atoms with Crippen LogP contribution < -0.4 is 20.1 Å². The first-order valence-electron chi connectivity index (χ1n) is 10.6. The predicted molar refractivity (Wildman–Crippen MR) is 126 cm³/mol. The van der Waals surface area contributed by atoms with Crippen LogP contribution in [0.25, 0.3) is 0 Å². The zero-order chi connectivity index (χ0) is 22.9. The van der Waals surface area contributed by atoms with Gasteiger partial charge < -0.3 is 20.1 Å². The number of aryl methyl sites for hydroxylation is 1. The minimum atomic E-state index is -0.292. The Bertz CT molecular complexity index is 1060. The highest BCUT2D eigenvalue weighted by Crippen LogP contribution is 2.24. The molecule has 2 N–H and O–H groups in total. The van der Waals surface area contributed by atoms with Crippen LogP contribution in [0.2, 0.25) is 0 Å². The topological polar surface area (TPSA) is 76.7 Å². The van der Waals surface area contributed by atoms with Crippen molar-refractivity contribution in [3.63, 3.8) is 0 Å². The van der Waals surface area contributed by atoms with Crippen molar-refractivity contribution in [3.8, 4) is 11.5 Å². The first-order chi connectivity index (χ1) is 15.4. The summed E-state index contributed by atoms with van der Waals surface area (Å²) in [5.41, 5.74) is 2.56. The van der Waals surface area contributed by atoms with E-state index in [4.69, 9.17) is 9.47 Å². The molecule has 166 valence electrons. The maximum absolute atomic E-state index is 13.0. The van der Waals surface area contributed by atoms with Crippen LogP contribution in [-0.4, -0.2) is 25.0 Å². The van der Waals surface area contributed by atoms with Crippen LogP contribution in [0.15, 0.2) is 72.8 Å². The van der Waals surface area contributed by atoms with E-state index in [1.54, 1.807) is 24.3 Å². The van der Waals surface area contributed by atoms with Gasteiger partial charge in [-0.2, -0.15) is 0 Å². The fourth-order valence-electron chi connectivity index (χ4n) is 2.92. The van der Waals surface area contributed by atoms with Crippen molar-refractivity contribution in [1.82, 2.24) is 0 Å². The lowest BCUT2D eigenvalue weighted by Gasteiger charge is -2.15. The molecule has 6 nitrogen and oxygen atoms in total.